The Kier molecular flexibility index (Phi) is 2480000. The van der Waals surface area contributed by atoms with Gasteiger partial charge in [-0.15, -0.1) is 12.4 Å². The second-order valence-corrected chi connectivity index (χ2v) is 0. The molecule has 0 fully saturated rings. The Bertz CT molecular complexity index is 3.61. The minimum atomic E-state index is 0. The molecule has 0 saturated carbocycles. The van der Waals surface area contributed by atoms with Crippen molar-refractivity contribution < 1.29 is 21.9 Å². The van der Waals surface area contributed by atoms with E-state index in [9.17, 15) is 0 Å². The summed E-state index contributed by atoms with van der Waals surface area (Å²) >= 11 is 0. The number of hydrogen-bond donors (Lipinski definition) is 0. The molecule has 0 aliphatic heterocycles. The zero-order valence-corrected chi connectivity index (χ0v) is 3.22. The van der Waals surface area contributed by atoms with Crippen molar-refractivity contribution in [2.24, 2.45) is 0 Å². The fourth-order valence-electron chi connectivity index (χ4n) is 0. The van der Waals surface area contributed by atoms with Gasteiger partial charge < -0.3 is 21.9 Å². The largest absolute Gasteiger partial charge is 0.412 e. The fraction of sp³-hybridized carbons (Fsp3) is 0. The maximum absolute atomic E-state index is 0. The van der Waals surface area contributed by atoms with Gasteiger partial charge in [0.25, 0.3) is 0 Å². The molecule has 0 saturated heterocycles. The Morgan fingerprint density at radius 3 is 0.400 bits per heavy atom. The molecule has 0 aromatic heterocycles. The Morgan fingerprint density at radius 2 is 0.400 bits per heavy atom. The SMILES string of the molecule is Cl.O.O.O.O. The van der Waals surface area contributed by atoms with E-state index in [4.69, 9.17) is 0 Å². The minimum Gasteiger partial charge on any atom is -0.412 e. The van der Waals surface area contributed by atoms with Gasteiger partial charge in [-0.05, 0) is 0 Å². The first-order valence-electron chi connectivity index (χ1n) is 0. The molecule has 0 atom stereocenters. The van der Waals surface area contributed by atoms with Gasteiger partial charge in [-0.2, -0.15) is 0 Å². The molecule has 5 heteroatoms. The van der Waals surface area contributed by atoms with Crippen molar-refractivity contribution in [1.29, 1.82) is 0 Å². The molecule has 0 aliphatic carbocycles. The third-order valence-electron chi connectivity index (χ3n) is 0. The topological polar surface area (TPSA) is 126 Å². The molecule has 0 amide bonds. The lowest BCUT2D eigenvalue weighted by Gasteiger charge is -0.413. The van der Waals surface area contributed by atoms with Crippen LogP contribution in [-0.4, -0.2) is 21.9 Å². The van der Waals surface area contributed by atoms with Crippen LogP contribution in [0.5, 0.6) is 0 Å². The van der Waals surface area contributed by atoms with Gasteiger partial charge in [-0.1, -0.05) is 0 Å². The van der Waals surface area contributed by atoms with Gasteiger partial charge in [0.15, 0.2) is 0 Å². The van der Waals surface area contributed by atoms with Gasteiger partial charge in [0.05, 0.1) is 0 Å². The lowest BCUT2D eigenvalue weighted by atomic mass is 16.0. The molecule has 40 valence electrons. The summed E-state index contributed by atoms with van der Waals surface area (Å²) in [5, 5.41) is 0. The standard InChI is InChI=1S/ClH.4H2O/h1H;4*1H2. The summed E-state index contributed by atoms with van der Waals surface area (Å²) in [6, 6.07) is 0. The predicted molar refractivity (Wildman–Crippen MR) is 21.7 cm³/mol. The average molecular weight is 109 g/mol. The number of hydrogen-bond acceptors (Lipinski definition) is 0. The summed E-state index contributed by atoms with van der Waals surface area (Å²) in [6.45, 7) is 0. The highest BCUT2D eigenvalue weighted by Crippen LogP contribution is 0.690. The molecule has 0 unspecified atom stereocenters. The van der Waals surface area contributed by atoms with Crippen LogP contribution in [0.3, 0.4) is 0 Å². The summed E-state index contributed by atoms with van der Waals surface area (Å²) in [6.07, 6.45) is 0. The van der Waals surface area contributed by atoms with Gasteiger partial charge in [-0.25, -0.2) is 0 Å². The molecule has 5 heavy (non-hydrogen) atoms. The molecule has 0 spiro atoms. The molecular weight excluding hydrogens is 99.4 g/mol. The first-order valence-corrected chi connectivity index (χ1v) is 0. The third-order valence-corrected chi connectivity index (χ3v) is 0. The molecule has 8 N–H and O–H groups in total. The lowest BCUT2D eigenvalue weighted by Crippen LogP contribution is -0.290. The van der Waals surface area contributed by atoms with E-state index in [1.165, 1.54) is 0 Å². The van der Waals surface area contributed by atoms with Crippen LogP contribution in [0, 0.1) is 0 Å². The Morgan fingerprint density at radius 1 is 0.400 bits per heavy atom. The van der Waals surface area contributed by atoms with E-state index < -0.39 is 0 Å². The molecule has 0 aromatic carbocycles. The summed E-state index contributed by atoms with van der Waals surface area (Å²) in [4.78, 5) is 0. The smallest absolute Gasteiger partial charge is 0.147 e. The van der Waals surface area contributed by atoms with Gasteiger partial charge in [0, 0.05) is 0 Å². The van der Waals surface area contributed by atoms with Crippen molar-refractivity contribution in [3.63, 3.8) is 0 Å². The van der Waals surface area contributed by atoms with E-state index in [1.807, 2.05) is 0 Å². The summed E-state index contributed by atoms with van der Waals surface area (Å²) in [7, 11) is 0. The fourth-order valence-corrected chi connectivity index (χ4v) is 0. The van der Waals surface area contributed by atoms with Gasteiger partial charge in [-0.3, -0.25) is 0 Å². The van der Waals surface area contributed by atoms with Crippen LogP contribution in [0.15, 0.2) is 0 Å². The first kappa shape index (κ1) is 5180. The van der Waals surface area contributed by atoms with Crippen LogP contribution in [-0.2, 0) is 0 Å². The van der Waals surface area contributed by atoms with Gasteiger partial charge in [0.2, 0.25) is 0 Å². The zero-order valence-electron chi connectivity index (χ0n) is 2.41. The van der Waals surface area contributed by atoms with Crippen LogP contribution in [0.4, 0.5) is 0 Å². The van der Waals surface area contributed by atoms with Crippen molar-refractivity contribution in [3.05, 3.63) is 0 Å². The maximum Gasteiger partial charge on any atom is -0.147 e. The predicted octanol–water partition coefficient (Wildman–Crippen LogP) is -2.88. The lowest BCUT2D eigenvalue weighted by molar-refractivity contribution is 0.823. The third kappa shape index (κ3) is 1110. The number of rotatable bonds is 0. The van der Waals surface area contributed by atoms with Crippen molar-refractivity contribution in [1.82, 2.24) is 0 Å². The van der Waals surface area contributed by atoms with E-state index in [1.54, 1.807) is 0 Å². The van der Waals surface area contributed by atoms with E-state index in [0.717, 1.165) is 0 Å². The molecule has 4 nitrogen and oxygen atoms in total. The Labute approximate surface area is 35.4 Å². The van der Waals surface area contributed by atoms with Crippen LogP contribution in [0.25, 0.3) is 0 Å². The summed E-state index contributed by atoms with van der Waals surface area (Å²) in [5.74, 6) is 0. The van der Waals surface area contributed by atoms with Gasteiger partial charge >= 0.3 is 0 Å². The van der Waals surface area contributed by atoms with E-state index in [0.29, 0.717) is 0 Å². The Hall–Kier alpha value is 0.130. The molecule has 0 radical (unpaired) electrons. The van der Waals surface area contributed by atoms with Crippen molar-refractivity contribution in [2.75, 3.05) is 0 Å². The first-order chi connectivity index (χ1) is 0. The van der Waals surface area contributed by atoms with Crippen LogP contribution >= 0.6 is 12.4 Å². The van der Waals surface area contributed by atoms with E-state index in [-0.39, 0.29) is 34.3 Å². The highest BCUT2D eigenvalue weighted by molar-refractivity contribution is 5.85. The highest BCUT2D eigenvalue weighted by atomic mass is 35.5. The monoisotopic (exact) mass is 108 g/mol. The zero-order chi connectivity index (χ0) is 0. The summed E-state index contributed by atoms with van der Waals surface area (Å²) in [5.41, 5.74) is 0. The second-order valence-electron chi connectivity index (χ2n) is 0. The maximum atomic E-state index is 0. The van der Waals surface area contributed by atoms with E-state index >= 15 is 0 Å². The van der Waals surface area contributed by atoms with Gasteiger partial charge in [0.1, 0.15) is 0 Å². The Balaban J connectivity index is 0. The molecule has 0 aromatic rings. The normalized spacial score (nSPS) is 0. The quantitative estimate of drug-likeness (QED) is 0.316. The molecule has 0 rings (SSSR count). The van der Waals surface area contributed by atoms with Crippen molar-refractivity contribution in [3.8, 4) is 0 Å². The van der Waals surface area contributed by atoms with E-state index in [2.05, 4.69) is 0 Å². The molecular formula is H9ClO4. The highest BCUT2D eigenvalue weighted by Gasteiger charge is -0.147. The van der Waals surface area contributed by atoms with Crippen LogP contribution < -0.4 is 0 Å². The number of halogens is 1. The minimum absolute atomic E-state index is 0. The summed E-state index contributed by atoms with van der Waals surface area (Å²) < 4.78 is 0. The van der Waals surface area contributed by atoms with Crippen LogP contribution in [0.1, 0.15) is 0 Å². The van der Waals surface area contributed by atoms with Crippen molar-refractivity contribution >= 4 is 12.4 Å². The van der Waals surface area contributed by atoms with Crippen LogP contribution in [0.2, 0.25) is 0 Å². The molecule has 0 bridgehead atoms. The second kappa shape index (κ2) is 2390. The molecule has 0 aliphatic rings. The molecule has 0 heterocycles. The average Bonchev–Trinajstić information content (AvgIpc) is 0. The van der Waals surface area contributed by atoms with Crippen molar-refractivity contribution in [2.45, 2.75) is 0 Å².